The summed E-state index contributed by atoms with van der Waals surface area (Å²) in [7, 11) is 1.93. The van der Waals surface area contributed by atoms with Crippen molar-refractivity contribution in [1.29, 1.82) is 0 Å². The zero-order chi connectivity index (χ0) is 22.8. The number of carbonyl (C=O) groups is 2. The number of para-hydroxylation sites is 1. The number of ether oxygens (including phenoxy) is 1. The number of imide groups is 1. The van der Waals surface area contributed by atoms with Crippen LogP contribution in [0, 0.1) is 0 Å². The van der Waals surface area contributed by atoms with Crippen LogP contribution < -0.4 is 19.9 Å². The molecule has 0 radical (unpaired) electrons. The number of fused-ring (bicyclic) bond motifs is 1. The maximum atomic E-state index is 13.2. The number of hydrogen-bond donors (Lipinski definition) is 1. The summed E-state index contributed by atoms with van der Waals surface area (Å²) >= 11 is 0. The van der Waals surface area contributed by atoms with E-state index in [-0.39, 0.29) is 18.5 Å². The number of amides is 3. The summed E-state index contributed by atoms with van der Waals surface area (Å²) < 4.78 is 7.97. The van der Waals surface area contributed by atoms with Gasteiger partial charge >= 0.3 is 6.03 Å². The van der Waals surface area contributed by atoms with E-state index < -0.39 is 0 Å². The number of urea groups is 1. The fourth-order valence-electron chi connectivity index (χ4n) is 4.03. The number of nitrogens with zero attached hydrogens (tertiary/aromatic N) is 3. The van der Waals surface area contributed by atoms with E-state index in [9.17, 15) is 9.59 Å². The molecule has 1 aromatic heterocycles. The van der Waals surface area contributed by atoms with E-state index in [0.29, 0.717) is 17.1 Å². The minimum absolute atomic E-state index is 0.00701. The van der Waals surface area contributed by atoms with E-state index >= 15 is 0 Å². The molecule has 166 valence electrons. The van der Waals surface area contributed by atoms with E-state index in [1.165, 1.54) is 9.80 Å². The topological polar surface area (TPSA) is 66.8 Å². The average molecular weight is 441 g/mol. The molecule has 1 aliphatic rings. The third-order valence-corrected chi connectivity index (χ3v) is 5.71. The molecule has 0 atom stereocenters. The number of nitrogens with one attached hydrogen (secondary N) is 1. The third-order valence-electron chi connectivity index (χ3n) is 5.71. The van der Waals surface area contributed by atoms with Gasteiger partial charge in [-0.05, 0) is 67.7 Å². The molecule has 0 spiro atoms. The van der Waals surface area contributed by atoms with E-state index in [4.69, 9.17) is 4.74 Å². The van der Waals surface area contributed by atoms with Gasteiger partial charge in [0.05, 0.1) is 5.69 Å². The highest BCUT2D eigenvalue weighted by atomic mass is 16.5. The van der Waals surface area contributed by atoms with E-state index in [0.717, 1.165) is 29.7 Å². The molecular formula is C26H24N4O3. The second-order valence-electron chi connectivity index (χ2n) is 7.86. The first-order chi connectivity index (χ1) is 16.1. The summed E-state index contributed by atoms with van der Waals surface area (Å²) in [4.78, 5) is 28.6. The second-order valence-corrected chi connectivity index (χ2v) is 7.86. The molecule has 0 bridgehead atoms. The lowest BCUT2D eigenvalue weighted by Gasteiger charge is -2.18. The molecule has 1 aliphatic heterocycles. The van der Waals surface area contributed by atoms with Crippen molar-refractivity contribution in [3.05, 3.63) is 85.1 Å². The molecule has 0 unspecified atom stereocenters. The van der Waals surface area contributed by atoms with E-state index in [1.807, 2.05) is 67.8 Å². The van der Waals surface area contributed by atoms with E-state index in [1.54, 1.807) is 24.3 Å². The smallest absolute Gasteiger partial charge is 0.336 e. The van der Waals surface area contributed by atoms with Crippen LogP contribution in [0.4, 0.5) is 16.2 Å². The standard InChI is InChI=1S/C26H24N4O3/c1-27-14-16-28-15-13-19-17-21(9-12-24(19)28)29-18-25(31)30(26(29)32)20-7-10-23(11-8-20)33-22-5-3-2-4-6-22/h2-13,15,17,27H,14,16,18H2,1H3. The molecule has 1 saturated heterocycles. The summed E-state index contributed by atoms with van der Waals surface area (Å²) in [5.74, 6) is 1.09. The van der Waals surface area contributed by atoms with Gasteiger partial charge in [0.1, 0.15) is 18.0 Å². The molecule has 3 aromatic carbocycles. The predicted molar refractivity (Wildman–Crippen MR) is 129 cm³/mol. The van der Waals surface area contributed by atoms with Crippen LogP contribution in [0.3, 0.4) is 0 Å². The van der Waals surface area contributed by atoms with Gasteiger partial charge in [0.15, 0.2) is 0 Å². The Morgan fingerprint density at radius 3 is 2.36 bits per heavy atom. The number of likely N-dealkylation sites (N-methyl/N-ethyl adjacent to an activating group) is 1. The summed E-state index contributed by atoms with van der Waals surface area (Å²) in [5, 5.41) is 4.18. The number of aromatic nitrogens is 1. The maximum Gasteiger partial charge on any atom is 0.336 e. The zero-order valence-electron chi connectivity index (χ0n) is 18.3. The Morgan fingerprint density at radius 2 is 1.61 bits per heavy atom. The highest BCUT2D eigenvalue weighted by Gasteiger charge is 2.38. The van der Waals surface area contributed by atoms with Crippen LogP contribution in [-0.2, 0) is 11.3 Å². The van der Waals surface area contributed by atoms with Gasteiger partial charge in [0.2, 0.25) is 0 Å². The third kappa shape index (κ3) is 4.06. The lowest BCUT2D eigenvalue weighted by molar-refractivity contribution is -0.115. The van der Waals surface area contributed by atoms with E-state index in [2.05, 4.69) is 9.88 Å². The minimum atomic E-state index is -0.356. The summed E-state index contributed by atoms with van der Waals surface area (Å²) in [6.07, 6.45) is 2.04. The normalized spacial score (nSPS) is 13.8. The molecule has 4 aromatic rings. The number of carbonyl (C=O) groups excluding carboxylic acids is 2. The Kier molecular flexibility index (Phi) is 5.54. The number of anilines is 2. The fourth-order valence-corrected chi connectivity index (χ4v) is 4.03. The first-order valence-electron chi connectivity index (χ1n) is 10.8. The zero-order valence-corrected chi connectivity index (χ0v) is 18.3. The van der Waals surface area contributed by atoms with Gasteiger partial charge < -0.3 is 14.6 Å². The van der Waals surface area contributed by atoms with Gasteiger partial charge in [-0.15, -0.1) is 0 Å². The largest absolute Gasteiger partial charge is 0.457 e. The Hall–Kier alpha value is -4.10. The Morgan fingerprint density at radius 1 is 0.879 bits per heavy atom. The van der Waals surface area contributed by atoms with Crippen LogP contribution in [0.15, 0.2) is 85.1 Å². The summed E-state index contributed by atoms with van der Waals surface area (Å²) in [5.41, 5.74) is 2.32. The quantitative estimate of drug-likeness (QED) is 0.426. The molecule has 1 N–H and O–H groups in total. The van der Waals surface area contributed by atoms with Crippen molar-refractivity contribution < 1.29 is 14.3 Å². The molecule has 7 nitrogen and oxygen atoms in total. The highest BCUT2D eigenvalue weighted by molar-refractivity contribution is 6.27. The fraction of sp³-hybridized carbons (Fsp3) is 0.154. The average Bonchev–Trinajstić information content (AvgIpc) is 3.38. The van der Waals surface area contributed by atoms with Crippen molar-refractivity contribution in [3.8, 4) is 11.5 Å². The first-order valence-corrected chi connectivity index (χ1v) is 10.8. The lowest BCUT2D eigenvalue weighted by Crippen LogP contribution is -2.32. The van der Waals surface area contributed by atoms with Gasteiger partial charge in [-0.2, -0.15) is 0 Å². The molecule has 7 heteroatoms. The molecule has 0 saturated carbocycles. The van der Waals surface area contributed by atoms with Crippen molar-refractivity contribution in [3.63, 3.8) is 0 Å². The van der Waals surface area contributed by atoms with Crippen LogP contribution in [0.2, 0.25) is 0 Å². The van der Waals surface area contributed by atoms with Crippen LogP contribution in [-0.4, -0.2) is 36.6 Å². The van der Waals surface area contributed by atoms with Gasteiger partial charge in [0, 0.05) is 35.9 Å². The maximum absolute atomic E-state index is 13.2. The Bertz CT molecular complexity index is 1300. The monoisotopic (exact) mass is 440 g/mol. The first kappa shape index (κ1) is 20.8. The van der Waals surface area contributed by atoms with Crippen molar-refractivity contribution in [2.75, 3.05) is 29.9 Å². The number of benzene rings is 3. The van der Waals surface area contributed by atoms with Crippen molar-refractivity contribution >= 4 is 34.2 Å². The minimum Gasteiger partial charge on any atom is -0.457 e. The van der Waals surface area contributed by atoms with Crippen LogP contribution >= 0.6 is 0 Å². The SMILES string of the molecule is CNCCn1ccc2cc(N3CC(=O)N(c4ccc(Oc5ccccc5)cc4)C3=O)ccc21. The lowest BCUT2D eigenvalue weighted by atomic mass is 10.2. The molecule has 5 rings (SSSR count). The molecule has 2 heterocycles. The van der Waals surface area contributed by atoms with Crippen LogP contribution in [0.25, 0.3) is 10.9 Å². The number of hydrogen-bond acceptors (Lipinski definition) is 4. The molecule has 3 amide bonds. The van der Waals surface area contributed by atoms with Crippen molar-refractivity contribution in [1.82, 2.24) is 9.88 Å². The highest BCUT2D eigenvalue weighted by Crippen LogP contribution is 2.30. The van der Waals surface area contributed by atoms with Crippen molar-refractivity contribution in [2.45, 2.75) is 6.54 Å². The summed E-state index contributed by atoms with van der Waals surface area (Å²) in [6.45, 7) is 1.74. The van der Waals surface area contributed by atoms with Crippen LogP contribution in [0.5, 0.6) is 11.5 Å². The Balaban J connectivity index is 1.34. The Labute approximate surface area is 191 Å². The molecule has 1 fully saturated rings. The molecular weight excluding hydrogens is 416 g/mol. The van der Waals surface area contributed by atoms with Gasteiger partial charge in [0.25, 0.3) is 5.91 Å². The van der Waals surface area contributed by atoms with Crippen LogP contribution in [0.1, 0.15) is 0 Å². The van der Waals surface area contributed by atoms with Crippen molar-refractivity contribution in [2.24, 2.45) is 0 Å². The second kappa shape index (κ2) is 8.80. The summed E-state index contributed by atoms with van der Waals surface area (Å²) in [6, 6.07) is 23.9. The predicted octanol–water partition coefficient (Wildman–Crippen LogP) is 4.63. The molecule has 33 heavy (non-hydrogen) atoms. The van der Waals surface area contributed by atoms with Gasteiger partial charge in [-0.3, -0.25) is 9.69 Å². The van der Waals surface area contributed by atoms with Gasteiger partial charge in [-0.1, -0.05) is 18.2 Å². The molecule has 0 aliphatic carbocycles. The van der Waals surface area contributed by atoms with Gasteiger partial charge in [-0.25, -0.2) is 9.69 Å². The number of rotatable bonds is 7.